The van der Waals surface area contributed by atoms with E-state index in [1.165, 1.54) is 61.2 Å². The number of rotatable bonds is 14. The van der Waals surface area contributed by atoms with Crippen molar-refractivity contribution >= 4 is 0 Å². The van der Waals surface area contributed by atoms with Gasteiger partial charge >= 0.3 is 0 Å². The van der Waals surface area contributed by atoms with E-state index in [-0.39, 0.29) is 0 Å². The van der Waals surface area contributed by atoms with Crippen LogP contribution in [0.1, 0.15) is 67.2 Å². The molecule has 7 nitrogen and oxygen atoms in total. The second-order valence-corrected chi connectivity index (χ2v) is 28.5. The molecule has 2 unspecified atom stereocenters. The third-order valence-electron chi connectivity index (χ3n) is 22.0. The van der Waals surface area contributed by atoms with Gasteiger partial charge in [-0.05, 0) is 193 Å². The Bertz CT molecular complexity index is 6340. The molecule has 2 aliphatic rings. The van der Waals surface area contributed by atoms with E-state index in [1.807, 2.05) is 43.6 Å². The first-order valence-corrected chi connectivity index (χ1v) is 36.9. The molecule has 4 heterocycles. The maximum Gasteiger partial charge on any atom is 0.164 e. The molecule has 2 atom stereocenters. The summed E-state index contributed by atoms with van der Waals surface area (Å²) in [5, 5.41) is 0. The van der Waals surface area contributed by atoms with Crippen LogP contribution in [-0.4, -0.2) is 34.9 Å². The molecule has 0 N–H and O–H groups in total. The highest BCUT2D eigenvalue weighted by Gasteiger charge is 2.49. The minimum absolute atomic E-state index is 0.564. The number of hydrogen-bond acceptors (Lipinski definition) is 7. The average Bonchev–Trinajstić information content (AvgIpc) is 1.53. The van der Waals surface area contributed by atoms with Gasteiger partial charge in [-0.2, -0.15) is 0 Å². The molecule has 0 bridgehead atoms. The number of aryl methyl sites for hydroxylation is 4. The normalized spacial score (nSPS) is 14.6. The van der Waals surface area contributed by atoms with Crippen LogP contribution in [-0.2, 0) is 10.8 Å². The zero-order chi connectivity index (χ0) is 72.5. The van der Waals surface area contributed by atoms with Crippen molar-refractivity contribution in [2.45, 2.75) is 38.5 Å². The van der Waals surface area contributed by atoms with Crippen molar-refractivity contribution < 1.29 is 0 Å². The van der Waals surface area contributed by atoms with Gasteiger partial charge in [0.1, 0.15) is 5.82 Å². The number of fused-ring (bicyclic) bond motifs is 6. The lowest BCUT2D eigenvalue weighted by Crippen LogP contribution is -2.28. The summed E-state index contributed by atoms with van der Waals surface area (Å²) in [6.07, 6.45) is 3.84. The average molecular weight is 1380 g/mol. The minimum atomic E-state index is -0.810. The summed E-state index contributed by atoms with van der Waals surface area (Å²) in [6.45, 7) is 8.30. The van der Waals surface area contributed by atoms with Crippen molar-refractivity contribution in [3.8, 4) is 135 Å². The predicted octanol–water partition coefficient (Wildman–Crippen LogP) is 24.1. The molecule has 0 radical (unpaired) electrons. The third kappa shape index (κ3) is 11.1. The van der Waals surface area contributed by atoms with Gasteiger partial charge in [0.05, 0.1) is 27.9 Å². The molecule has 108 heavy (non-hydrogen) atoms. The Morgan fingerprint density at radius 2 is 0.704 bits per heavy atom. The Kier molecular flexibility index (Phi) is 16.1. The summed E-state index contributed by atoms with van der Waals surface area (Å²) in [4.78, 5) is 36.4. The molecular formula is C101H71N7. The fourth-order valence-electron chi connectivity index (χ4n) is 17.0. The summed E-state index contributed by atoms with van der Waals surface area (Å²) >= 11 is 0. The van der Waals surface area contributed by atoms with Crippen molar-refractivity contribution in [2.75, 3.05) is 0 Å². The molecule has 2 aliphatic carbocycles. The molecule has 0 spiro atoms. The highest BCUT2D eigenvalue weighted by Crippen LogP contribution is 2.60. The first-order valence-electron chi connectivity index (χ1n) is 36.9. The Morgan fingerprint density at radius 3 is 1.42 bits per heavy atom. The van der Waals surface area contributed by atoms with Crippen LogP contribution in [0.15, 0.2) is 358 Å². The lowest BCUT2D eigenvalue weighted by molar-refractivity contribution is 0.769. The molecule has 0 amide bonds. The fourth-order valence-corrected chi connectivity index (χ4v) is 17.0. The first-order chi connectivity index (χ1) is 53.1. The second kappa shape index (κ2) is 26.7. The molecule has 0 fully saturated rings. The molecule has 0 aliphatic heterocycles. The van der Waals surface area contributed by atoms with E-state index in [9.17, 15) is 0 Å². The molecule has 13 aromatic carbocycles. The topological polar surface area (TPSA) is 90.2 Å². The van der Waals surface area contributed by atoms with Gasteiger partial charge in [0.25, 0.3) is 0 Å². The molecule has 0 saturated heterocycles. The Morgan fingerprint density at radius 1 is 0.222 bits per heavy atom. The minimum Gasteiger partial charge on any atom is -0.261 e. The van der Waals surface area contributed by atoms with Crippen LogP contribution >= 0.6 is 0 Å². The third-order valence-corrected chi connectivity index (χ3v) is 22.0. The van der Waals surface area contributed by atoms with E-state index in [0.717, 1.165) is 117 Å². The van der Waals surface area contributed by atoms with Crippen LogP contribution in [0.4, 0.5) is 0 Å². The summed E-state index contributed by atoms with van der Waals surface area (Å²) in [6, 6.07) is 125. The lowest BCUT2D eigenvalue weighted by Gasteiger charge is -2.34. The lowest BCUT2D eigenvalue weighted by atomic mass is 9.67. The van der Waals surface area contributed by atoms with E-state index in [0.29, 0.717) is 23.3 Å². The van der Waals surface area contributed by atoms with Gasteiger partial charge in [0.15, 0.2) is 17.5 Å². The van der Waals surface area contributed by atoms with Crippen molar-refractivity contribution in [3.63, 3.8) is 0 Å². The zero-order valence-electron chi connectivity index (χ0n) is 60.2. The van der Waals surface area contributed by atoms with Gasteiger partial charge in [0, 0.05) is 57.0 Å². The van der Waals surface area contributed by atoms with E-state index in [2.05, 4.69) is 342 Å². The molecule has 4 aromatic heterocycles. The quantitative estimate of drug-likeness (QED) is 0.107. The Hall–Kier alpha value is -13.8. The monoisotopic (exact) mass is 1380 g/mol. The van der Waals surface area contributed by atoms with E-state index in [1.54, 1.807) is 0 Å². The Balaban J connectivity index is 0.736. The molecule has 0 saturated carbocycles. The summed E-state index contributed by atoms with van der Waals surface area (Å²) < 4.78 is 0. The van der Waals surface area contributed by atoms with E-state index in [4.69, 9.17) is 34.9 Å². The van der Waals surface area contributed by atoms with Crippen LogP contribution in [0.5, 0.6) is 0 Å². The van der Waals surface area contributed by atoms with Gasteiger partial charge in [-0.3, -0.25) is 9.97 Å². The second-order valence-electron chi connectivity index (χ2n) is 28.5. The van der Waals surface area contributed by atoms with Crippen LogP contribution in [0, 0.1) is 27.7 Å². The molecule has 17 aromatic rings. The standard InChI is InChI=1S/C101H71N7/c1-64-54-55-102-93(57-64)76-30-22-35-80(59-76)100(78-31-13-7-14-32-78)89-39-19-17-36-84(89)87-60-77(50-53-91(87)100)95-62-94(104-67(4)105-95)71-46-44-70(45-47-71)83-38-23-41-92-96(83)85-37-18-20-40-90(85)101(92,79-33-15-8-16-34-79)81-51-52-82(74-28-21-29-75(58-74)86-56-65(2)63-103-66(86)3)88(61-81)99-107-97(72-26-11-6-12-27-72)106-98(108-99)73-48-42-69(43-49-73)68-24-9-5-10-25-68/h5-63H,1-4H3. The predicted molar refractivity (Wildman–Crippen MR) is 439 cm³/mol. The fraction of sp³-hybridized carbons (Fsp3) is 0.0594. The van der Waals surface area contributed by atoms with Gasteiger partial charge in [-0.15, -0.1) is 0 Å². The number of benzene rings is 13. The summed E-state index contributed by atoms with van der Waals surface area (Å²) in [5.41, 5.74) is 33.2. The van der Waals surface area contributed by atoms with Gasteiger partial charge in [-0.25, -0.2) is 24.9 Å². The zero-order valence-corrected chi connectivity index (χ0v) is 60.2. The first kappa shape index (κ1) is 65.0. The van der Waals surface area contributed by atoms with Gasteiger partial charge in [0.2, 0.25) is 0 Å². The highest BCUT2D eigenvalue weighted by molar-refractivity contribution is 5.97. The summed E-state index contributed by atoms with van der Waals surface area (Å²) in [7, 11) is 0. The number of hydrogen-bond donors (Lipinski definition) is 0. The highest BCUT2D eigenvalue weighted by atomic mass is 15.0. The van der Waals surface area contributed by atoms with Crippen molar-refractivity contribution in [1.29, 1.82) is 0 Å². The smallest absolute Gasteiger partial charge is 0.164 e. The number of pyridine rings is 2. The van der Waals surface area contributed by atoms with Crippen LogP contribution in [0.25, 0.3) is 135 Å². The van der Waals surface area contributed by atoms with Crippen molar-refractivity contribution in [1.82, 2.24) is 34.9 Å². The largest absolute Gasteiger partial charge is 0.261 e. The van der Waals surface area contributed by atoms with Crippen molar-refractivity contribution in [3.05, 3.63) is 425 Å². The van der Waals surface area contributed by atoms with Crippen LogP contribution in [0.3, 0.4) is 0 Å². The van der Waals surface area contributed by atoms with Gasteiger partial charge < -0.3 is 0 Å². The van der Waals surface area contributed by atoms with Crippen LogP contribution in [0.2, 0.25) is 0 Å². The molecular weight excluding hydrogens is 1310 g/mol. The van der Waals surface area contributed by atoms with E-state index < -0.39 is 10.8 Å². The maximum absolute atomic E-state index is 5.57. The molecule has 7 heteroatoms. The molecule has 19 rings (SSSR count). The molecule has 510 valence electrons. The van der Waals surface area contributed by atoms with E-state index >= 15 is 0 Å². The van der Waals surface area contributed by atoms with Crippen molar-refractivity contribution in [2.24, 2.45) is 0 Å². The number of nitrogens with zero attached hydrogens (tertiary/aromatic N) is 7. The van der Waals surface area contributed by atoms with Crippen LogP contribution < -0.4 is 0 Å². The van der Waals surface area contributed by atoms with Gasteiger partial charge in [-0.1, -0.05) is 297 Å². The Labute approximate surface area is 629 Å². The SMILES string of the molecule is Cc1ccnc(-c2cccc(C3(c4ccccc4)c4ccccc4-c4cc(-c5cc(-c6ccc(-c7cccc8c7-c7ccccc7C8(c7ccccc7)c7ccc(-c8cccc(-c9cc(C)cnc9C)c8)c(-c8nc(-c9ccccc9)nc(-c9ccc(-c%10ccccc%10)cc9)n8)c7)cc6)nc(C)n5)ccc43)c2)c1. The maximum atomic E-state index is 5.57. The number of aromatic nitrogens is 7. The summed E-state index contributed by atoms with van der Waals surface area (Å²) in [5.74, 6) is 2.43.